The minimum Gasteiger partial charge on any atom is -0.348 e. The van der Waals surface area contributed by atoms with Crippen LogP contribution in [0.5, 0.6) is 0 Å². The number of nitrogens with zero attached hydrogens (tertiary/aromatic N) is 1. The van der Waals surface area contributed by atoms with Crippen LogP contribution in [0.4, 0.5) is 13.2 Å². The van der Waals surface area contributed by atoms with Crippen LogP contribution >= 0.6 is 23.2 Å². The summed E-state index contributed by atoms with van der Waals surface area (Å²) in [7, 11) is -3.61. The van der Waals surface area contributed by atoms with Gasteiger partial charge in [-0.1, -0.05) is 30.1 Å². The molecule has 1 fully saturated rings. The zero-order valence-corrected chi connectivity index (χ0v) is 21.3. The van der Waals surface area contributed by atoms with E-state index in [0.717, 1.165) is 6.07 Å². The van der Waals surface area contributed by atoms with Gasteiger partial charge in [-0.3, -0.25) is 9.69 Å². The van der Waals surface area contributed by atoms with Gasteiger partial charge in [0.1, 0.15) is 0 Å². The van der Waals surface area contributed by atoms with Crippen LogP contribution in [0.2, 0.25) is 10.0 Å². The third-order valence-corrected chi connectivity index (χ3v) is 8.35. The Bertz CT molecular complexity index is 1200. The van der Waals surface area contributed by atoms with Crippen LogP contribution in [0.25, 0.3) is 0 Å². The van der Waals surface area contributed by atoms with Crippen LogP contribution in [-0.2, 0) is 29.1 Å². The summed E-state index contributed by atoms with van der Waals surface area (Å²) in [5.74, 6) is -0.988. The number of hydrogen-bond donors (Lipinski definition) is 2. The molecule has 0 aliphatic carbocycles. The van der Waals surface area contributed by atoms with Crippen LogP contribution in [-0.4, -0.2) is 44.1 Å². The molecule has 12 heteroatoms. The van der Waals surface area contributed by atoms with E-state index in [1.807, 2.05) is 4.90 Å². The summed E-state index contributed by atoms with van der Waals surface area (Å²) in [6, 6.07) is 6.14. The summed E-state index contributed by atoms with van der Waals surface area (Å²) in [5.41, 5.74) is 4.74. The van der Waals surface area contributed by atoms with Gasteiger partial charge >= 0.3 is 6.18 Å². The van der Waals surface area contributed by atoms with E-state index in [1.54, 1.807) is 0 Å². The maximum absolute atomic E-state index is 13.9. The summed E-state index contributed by atoms with van der Waals surface area (Å²) in [6.45, 7) is 2.33. The van der Waals surface area contributed by atoms with Crippen LogP contribution in [0.3, 0.4) is 0 Å². The smallest absolute Gasteiger partial charge is 0.348 e. The van der Waals surface area contributed by atoms with Crippen molar-refractivity contribution < 1.29 is 26.4 Å². The Morgan fingerprint density at radius 2 is 1.83 bits per heavy atom. The van der Waals surface area contributed by atoms with Gasteiger partial charge in [0.15, 0.2) is 9.84 Å². The van der Waals surface area contributed by atoms with E-state index in [9.17, 15) is 26.4 Å². The molecule has 1 heterocycles. The van der Waals surface area contributed by atoms with Gasteiger partial charge in [0, 0.05) is 34.7 Å². The second-order valence-corrected chi connectivity index (χ2v) is 11.5. The van der Waals surface area contributed by atoms with E-state index < -0.39 is 27.5 Å². The molecule has 2 aromatic rings. The highest BCUT2D eigenvalue weighted by molar-refractivity contribution is 7.91. The first-order valence-electron chi connectivity index (χ1n) is 11.0. The quantitative estimate of drug-likeness (QED) is 0.522. The molecule has 0 aromatic heterocycles. The van der Waals surface area contributed by atoms with Crippen molar-refractivity contribution in [3.8, 4) is 0 Å². The van der Waals surface area contributed by atoms with E-state index in [0.29, 0.717) is 25.9 Å². The SMILES string of the molecule is CCS(=O)(=O)c1ccc(Cl)cc1CNC(=O)c1cc(Cl)c(CN2CCC(N)CC2)c(C(F)(F)F)c1. The van der Waals surface area contributed by atoms with Crippen LogP contribution in [0, 0.1) is 0 Å². The number of amides is 1. The number of nitrogens with one attached hydrogen (secondary N) is 1. The topological polar surface area (TPSA) is 92.5 Å². The molecule has 0 atom stereocenters. The second kappa shape index (κ2) is 11.0. The van der Waals surface area contributed by atoms with Crippen molar-refractivity contribution in [2.45, 2.75) is 50.0 Å². The minimum absolute atomic E-state index is 0.00434. The molecule has 0 radical (unpaired) electrons. The first kappa shape index (κ1) is 27.7. The molecule has 1 aliphatic rings. The number of sulfone groups is 1. The van der Waals surface area contributed by atoms with Gasteiger partial charge in [0.25, 0.3) is 5.91 Å². The Balaban J connectivity index is 1.86. The van der Waals surface area contributed by atoms with Gasteiger partial charge in [0.2, 0.25) is 0 Å². The second-order valence-electron chi connectivity index (χ2n) is 8.43. The molecular weight excluding hydrogens is 526 g/mol. The first-order valence-corrected chi connectivity index (χ1v) is 13.4. The first-order chi connectivity index (χ1) is 16.3. The molecule has 1 amide bonds. The number of benzene rings is 2. The average Bonchev–Trinajstić information content (AvgIpc) is 2.79. The van der Waals surface area contributed by atoms with E-state index >= 15 is 0 Å². The van der Waals surface area contributed by atoms with Gasteiger partial charge in [0.05, 0.1) is 16.2 Å². The van der Waals surface area contributed by atoms with Crippen molar-refractivity contribution in [3.05, 3.63) is 62.6 Å². The molecule has 0 saturated carbocycles. The lowest BCUT2D eigenvalue weighted by molar-refractivity contribution is -0.138. The summed E-state index contributed by atoms with van der Waals surface area (Å²) in [6.07, 6.45) is -3.37. The number of rotatable bonds is 7. The predicted molar refractivity (Wildman–Crippen MR) is 129 cm³/mol. The zero-order chi connectivity index (χ0) is 26.0. The van der Waals surface area contributed by atoms with Crippen molar-refractivity contribution in [1.29, 1.82) is 0 Å². The Hall–Kier alpha value is -1.85. The Morgan fingerprint density at radius 3 is 2.43 bits per heavy atom. The van der Waals surface area contributed by atoms with Crippen LogP contribution < -0.4 is 11.1 Å². The molecule has 0 spiro atoms. The largest absolute Gasteiger partial charge is 0.416 e. The van der Waals surface area contributed by atoms with Crippen LogP contribution in [0.1, 0.15) is 46.8 Å². The molecular formula is C23H26Cl2F3N3O3S. The van der Waals surface area contributed by atoms with Gasteiger partial charge in [-0.05, 0) is 67.4 Å². The highest BCUT2D eigenvalue weighted by Gasteiger charge is 2.36. The van der Waals surface area contributed by atoms with E-state index in [-0.39, 0.29) is 56.5 Å². The van der Waals surface area contributed by atoms with Crippen LogP contribution in [0.15, 0.2) is 35.2 Å². The lowest BCUT2D eigenvalue weighted by Crippen LogP contribution is -2.39. The zero-order valence-electron chi connectivity index (χ0n) is 19.0. The van der Waals surface area contributed by atoms with Crippen molar-refractivity contribution >= 4 is 38.9 Å². The maximum atomic E-state index is 13.9. The molecule has 1 aliphatic heterocycles. The molecule has 6 nitrogen and oxygen atoms in total. The third kappa shape index (κ3) is 6.89. The van der Waals surface area contributed by atoms with Crippen molar-refractivity contribution in [3.63, 3.8) is 0 Å². The van der Waals surface area contributed by atoms with Crippen molar-refractivity contribution in [1.82, 2.24) is 10.2 Å². The number of carbonyl (C=O) groups excluding carboxylic acids is 1. The average molecular weight is 552 g/mol. The molecule has 0 unspecified atom stereocenters. The predicted octanol–water partition coefficient (Wildman–Crippen LogP) is 4.66. The Morgan fingerprint density at radius 1 is 1.17 bits per heavy atom. The van der Waals surface area contributed by atoms with E-state index in [4.69, 9.17) is 28.9 Å². The number of alkyl halides is 3. The van der Waals surface area contributed by atoms with E-state index in [2.05, 4.69) is 5.32 Å². The van der Waals surface area contributed by atoms with Gasteiger partial charge in [-0.25, -0.2) is 8.42 Å². The normalized spacial score (nSPS) is 15.9. The molecule has 35 heavy (non-hydrogen) atoms. The molecule has 192 valence electrons. The summed E-state index contributed by atoms with van der Waals surface area (Å²) >= 11 is 12.2. The lowest BCUT2D eigenvalue weighted by atomic mass is 10.00. The Kier molecular flexibility index (Phi) is 8.75. The molecule has 2 aromatic carbocycles. The molecule has 3 rings (SSSR count). The number of hydrogen-bond acceptors (Lipinski definition) is 5. The fourth-order valence-corrected chi connectivity index (χ4v) is 5.53. The fourth-order valence-electron chi connectivity index (χ4n) is 3.94. The molecule has 0 bridgehead atoms. The third-order valence-electron chi connectivity index (χ3n) is 5.95. The minimum atomic E-state index is -4.73. The lowest BCUT2D eigenvalue weighted by Gasteiger charge is -2.31. The summed E-state index contributed by atoms with van der Waals surface area (Å²) < 4.78 is 66.4. The fraction of sp³-hybridized carbons (Fsp3) is 0.435. The highest BCUT2D eigenvalue weighted by Crippen LogP contribution is 2.37. The standard InChI is InChI=1S/C23H26Cl2F3N3O3S/c1-2-35(33,34)21-4-3-16(24)9-15(21)12-30-22(32)14-10-19(23(26,27)28)18(20(25)11-14)13-31-7-5-17(29)6-8-31/h3-4,9-11,17H,2,5-8,12-13,29H2,1H3,(H,30,32). The Labute approximate surface area is 212 Å². The van der Waals surface area contributed by atoms with Crippen molar-refractivity contribution in [2.24, 2.45) is 5.73 Å². The molecule has 3 N–H and O–H groups in total. The molecule has 1 saturated heterocycles. The number of likely N-dealkylation sites (tertiary alicyclic amines) is 1. The highest BCUT2D eigenvalue weighted by atomic mass is 35.5. The van der Waals surface area contributed by atoms with Crippen molar-refractivity contribution in [2.75, 3.05) is 18.8 Å². The summed E-state index contributed by atoms with van der Waals surface area (Å²) in [4.78, 5) is 14.6. The summed E-state index contributed by atoms with van der Waals surface area (Å²) in [5, 5.41) is 2.57. The number of carbonyl (C=O) groups is 1. The van der Waals surface area contributed by atoms with Gasteiger partial charge in [-0.2, -0.15) is 13.2 Å². The van der Waals surface area contributed by atoms with Gasteiger partial charge < -0.3 is 11.1 Å². The maximum Gasteiger partial charge on any atom is 0.416 e. The number of piperidine rings is 1. The monoisotopic (exact) mass is 551 g/mol. The van der Waals surface area contributed by atoms with E-state index in [1.165, 1.54) is 31.2 Å². The van der Waals surface area contributed by atoms with Gasteiger partial charge in [-0.15, -0.1) is 0 Å². The number of nitrogens with two attached hydrogens (primary N) is 1. The number of halogens is 5.